The van der Waals surface area contributed by atoms with Crippen LogP contribution >= 0.6 is 23.2 Å². The number of carbonyl (C=O) groups is 1. The second kappa shape index (κ2) is 7.74. The molecule has 1 amide bonds. The predicted octanol–water partition coefficient (Wildman–Crippen LogP) is 4.27. The third-order valence-electron chi connectivity index (χ3n) is 3.68. The van der Waals surface area contributed by atoms with Gasteiger partial charge in [-0.3, -0.25) is 4.79 Å². The monoisotopic (exact) mass is 400 g/mol. The second-order valence-electron chi connectivity index (χ2n) is 5.73. The number of sulfonamides is 1. The first kappa shape index (κ1) is 19.7. The molecule has 2 aromatic carbocycles. The Balaban J connectivity index is 2.29. The van der Waals surface area contributed by atoms with Crippen LogP contribution in [-0.2, 0) is 10.0 Å². The molecule has 0 radical (unpaired) electrons. The summed E-state index contributed by atoms with van der Waals surface area (Å²) in [6, 6.07) is 10.4. The van der Waals surface area contributed by atoms with Gasteiger partial charge in [-0.1, -0.05) is 29.3 Å². The highest BCUT2D eigenvalue weighted by Crippen LogP contribution is 2.25. The van der Waals surface area contributed by atoms with Crippen LogP contribution in [0, 0.1) is 0 Å². The molecule has 0 aliphatic rings. The Bertz CT molecular complexity index is 899. The van der Waals surface area contributed by atoms with Gasteiger partial charge in [0, 0.05) is 24.3 Å². The lowest BCUT2D eigenvalue weighted by Gasteiger charge is -2.21. The molecule has 0 spiro atoms. The van der Waals surface area contributed by atoms with Crippen LogP contribution in [0.2, 0.25) is 10.0 Å². The first-order valence-corrected chi connectivity index (χ1v) is 9.67. The van der Waals surface area contributed by atoms with Crippen molar-refractivity contribution in [2.24, 2.45) is 0 Å². The smallest absolute Gasteiger partial charge is 0.255 e. The fourth-order valence-electron chi connectivity index (χ4n) is 2.02. The summed E-state index contributed by atoms with van der Waals surface area (Å²) in [6.07, 6.45) is 0. The summed E-state index contributed by atoms with van der Waals surface area (Å²) in [6.45, 7) is 3.55. The van der Waals surface area contributed by atoms with Crippen LogP contribution < -0.4 is 5.32 Å². The number of rotatable bonds is 5. The standard InChI is InChI=1S/C17H18Cl2N2O3S/c1-11(2)21(3)25(23,24)14-6-4-5-12(9-14)17(22)20-13-7-8-15(18)16(19)10-13/h4-11H,1-3H3,(H,20,22). The highest BCUT2D eigenvalue weighted by molar-refractivity contribution is 7.89. The molecule has 0 fully saturated rings. The van der Waals surface area contributed by atoms with E-state index in [1.807, 2.05) is 0 Å². The molecule has 0 aliphatic carbocycles. The summed E-state index contributed by atoms with van der Waals surface area (Å²) in [5.74, 6) is -0.442. The van der Waals surface area contributed by atoms with Gasteiger partial charge < -0.3 is 5.32 Å². The maximum atomic E-state index is 12.6. The van der Waals surface area contributed by atoms with Crippen LogP contribution in [-0.4, -0.2) is 31.7 Å². The second-order valence-corrected chi connectivity index (χ2v) is 8.54. The average Bonchev–Trinajstić information content (AvgIpc) is 2.57. The van der Waals surface area contributed by atoms with Crippen LogP contribution in [0.5, 0.6) is 0 Å². The zero-order valence-electron chi connectivity index (χ0n) is 14.0. The van der Waals surface area contributed by atoms with E-state index in [9.17, 15) is 13.2 Å². The van der Waals surface area contributed by atoms with E-state index in [0.717, 1.165) is 0 Å². The number of hydrogen-bond acceptors (Lipinski definition) is 3. The van der Waals surface area contributed by atoms with E-state index < -0.39 is 15.9 Å². The van der Waals surface area contributed by atoms with E-state index in [2.05, 4.69) is 5.32 Å². The lowest BCUT2D eigenvalue weighted by atomic mass is 10.2. The zero-order valence-corrected chi connectivity index (χ0v) is 16.3. The molecule has 5 nitrogen and oxygen atoms in total. The Hall–Kier alpha value is -1.60. The number of halogens is 2. The van der Waals surface area contributed by atoms with Gasteiger partial charge in [-0.25, -0.2) is 8.42 Å². The number of carbonyl (C=O) groups excluding carboxylic acids is 1. The van der Waals surface area contributed by atoms with Gasteiger partial charge in [0.05, 0.1) is 14.9 Å². The lowest BCUT2D eigenvalue weighted by molar-refractivity contribution is 0.102. The first-order chi connectivity index (χ1) is 11.6. The summed E-state index contributed by atoms with van der Waals surface area (Å²) < 4.78 is 26.4. The van der Waals surface area contributed by atoms with E-state index in [1.165, 1.54) is 35.6 Å². The molecule has 0 saturated carbocycles. The quantitative estimate of drug-likeness (QED) is 0.814. The van der Waals surface area contributed by atoms with Crippen molar-refractivity contribution in [2.75, 3.05) is 12.4 Å². The molecule has 25 heavy (non-hydrogen) atoms. The lowest BCUT2D eigenvalue weighted by Crippen LogP contribution is -2.33. The maximum absolute atomic E-state index is 12.6. The molecule has 0 atom stereocenters. The zero-order chi connectivity index (χ0) is 18.8. The normalized spacial score (nSPS) is 11.8. The molecule has 0 unspecified atom stereocenters. The highest BCUT2D eigenvalue weighted by atomic mass is 35.5. The Morgan fingerprint density at radius 1 is 1.08 bits per heavy atom. The molecular formula is C17H18Cl2N2O3S. The summed E-state index contributed by atoms with van der Waals surface area (Å²) in [5, 5.41) is 3.36. The van der Waals surface area contributed by atoms with Crippen molar-refractivity contribution in [3.63, 3.8) is 0 Å². The number of anilines is 1. The van der Waals surface area contributed by atoms with Crippen molar-refractivity contribution < 1.29 is 13.2 Å². The molecule has 0 bridgehead atoms. The van der Waals surface area contributed by atoms with E-state index in [1.54, 1.807) is 32.0 Å². The van der Waals surface area contributed by atoms with E-state index in [0.29, 0.717) is 15.7 Å². The Morgan fingerprint density at radius 2 is 1.76 bits per heavy atom. The molecule has 0 aliphatic heterocycles. The molecule has 1 N–H and O–H groups in total. The number of hydrogen-bond donors (Lipinski definition) is 1. The van der Waals surface area contributed by atoms with Gasteiger partial charge in [-0.05, 0) is 50.2 Å². The molecule has 134 valence electrons. The van der Waals surface area contributed by atoms with E-state index in [-0.39, 0.29) is 16.5 Å². The van der Waals surface area contributed by atoms with Crippen molar-refractivity contribution in [3.8, 4) is 0 Å². The van der Waals surface area contributed by atoms with Crippen molar-refractivity contribution in [2.45, 2.75) is 24.8 Å². The van der Waals surface area contributed by atoms with Crippen LogP contribution in [0.3, 0.4) is 0 Å². The largest absolute Gasteiger partial charge is 0.322 e. The van der Waals surface area contributed by atoms with Gasteiger partial charge in [0.1, 0.15) is 0 Å². The van der Waals surface area contributed by atoms with Crippen LogP contribution in [0.4, 0.5) is 5.69 Å². The number of nitrogens with one attached hydrogen (secondary N) is 1. The van der Waals surface area contributed by atoms with Crippen molar-refractivity contribution in [1.29, 1.82) is 0 Å². The third-order valence-corrected chi connectivity index (χ3v) is 6.45. The first-order valence-electron chi connectivity index (χ1n) is 7.47. The summed E-state index contributed by atoms with van der Waals surface area (Å²) >= 11 is 11.8. The summed E-state index contributed by atoms with van der Waals surface area (Å²) in [7, 11) is -2.16. The van der Waals surface area contributed by atoms with Gasteiger partial charge in [0.2, 0.25) is 10.0 Å². The maximum Gasteiger partial charge on any atom is 0.255 e. The Kier molecular flexibility index (Phi) is 6.11. The van der Waals surface area contributed by atoms with Crippen molar-refractivity contribution >= 4 is 44.8 Å². The average molecular weight is 401 g/mol. The van der Waals surface area contributed by atoms with Gasteiger partial charge in [0.15, 0.2) is 0 Å². The fourth-order valence-corrected chi connectivity index (χ4v) is 3.73. The van der Waals surface area contributed by atoms with Crippen molar-refractivity contribution in [3.05, 3.63) is 58.1 Å². The van der Waals surface area contributed by atoms with Gasteiger partial charge in [-0.2, -0.15) is 4.31 Å². The number of benzene rings is 2. The molecule has 8 heteroatoms. The molecule has 0 heterocycles. The molecular weight excluding hydrogens is 383 g/mol. The molecule has 0 aromatic heterocycles. The molecule has 2 rings (SSSR count). The minimum atomic E-state index is -3.66. The fraction of sp³-hybridized carbons (Fsp3) is 0.235. The predicted molar refractivity (Wildman–Crippen MR) is 101 cm³/mol. The topological polar surface area (TPSA) is 66.5 Å². The Morgan fingerprint density at radius 3 is 2.36 bits per heavy atom. The van der Waals surface area contributed by atoms with Gasteiger partial charge in [-0.15, -0.1) is 0 Å². The van der Waals surface area contributed by atoms with E-state index in [4.69, 9.17) is 23.2 Å². The number of nitrogens with zero attached hydrogens (tertiary/aromatic N) is 1. The van der Waals surface area contributed by atoms with Gasteiger partial charge in [0.25, 0.3) is 5.91 Å². The Labute approximate surface area is 157 Å². The van der Waals surface area contributed by atoms with Crippen LogP contribution in [0.25, 0.3) is 0 Å². The van der Waals surface area contributed by atoms with Crippen LogP contribution in [0.1, 0.15) is 24.2 Å². The van der Waals surface area contributed by atoms with Gasteiger partial charge >= 0.3 is 0 Å². The highest BCUT2D eigenvalue weighted by Gasteiger charge is 2.23. The molecule has 2 aromatic rings. The molecule has 0 saturated heterocycles. The third kappa shape index (κ3) is 4.52. The van der Waals surface area contributed by atoms with Crippen molar-refractivity contribution in [1.82, 2.24) is 4.31 Å². The number of amides is 1. The minimum Gasteiger partial charge on any atom is -0.322 e. The SMILES string of the molecule is CC(C)N(C)S(=O)(=O)c1cccc(C(=O)Nc2ccc(Cl)c(Cl)c2)c1. The van der Waals surface area contributed by atoms with Crippen LogP contribution in [0.15, 0.2) is 47.4 Å². The minimum absolute atomic E-state index is 0.0606. The van der Waals surface area contributed by atoms with E-state index >= 15 is 0 Å². The summed E-state index contributed by atoms with van der Waals surface area (Å²) in [4.78, 5) is 12.5. The summed E-state index contributed by atoms with van der Waals surface area (Å²) in [5.41, 5.74) is 0.691.